The van der Waals surface area contributed by atoms with Crippen LogP contribution >= 0.6 is 11.3 Å². The van der Waals surface area contributed by atoms with Crippen LogP contribution in [0.15, 0.2) is 6.20 Å². The number of nitrogens with one attached hydrogen (secondary N) is 1. The predicted molar refractivity (Wildman–Crippen MR) is 49.0 cm³/mol. The van der Waals surface area contributed by atoms with Crippen LogP contribution in [0.3, 0.4) is 0 Å². The molecule has 62 valence electrons. The van der Waals surface area contributed by atoms with Crippen LogP contribution < -0.4 is 11.1 Å². The van der Waals surface area contributed by atoms with Crippen LogP contribution in [0, 0.1) is 0 Å². The third-order valence-corrected chi connectivity index (χ3v) is 2.42. The number of rotatable bonds is 4. The maximum atomic E-state index is 5.33. The van der Waals surface area contributed by atoms with Crippen LogP contribution in [0.5, 0.6) is 0 Å². The van der Waals surface area contributed by atoms with Gasteiger partial charge in [0.05, 0.1) is 0 Å². The summed E-state index contributed by atoms with van der Waals surface area (Å²) in [5, 5.41) is 4.11. The molecule has 0 fully saturated rings. The van der Waals surface area contributed by atoms with Gasteiger partial charge in [-0.25, -0.2) is 4.98 Å². The molecule has 1 heterocycles. The summed E-state index contributed by atoms with van der Waals surface area (Å²) in [5.74, 6) is 0. The molecule has 0 aliphatic rings. The first-order valence-electron chi connectivity index (χ1n) is 3.75. The van der Waals surface area contributed by atoms with Crippen molar-refractivity contribution >= 4 is 16.5 Å². The molecular weight excluding hydrogens is 158 g/mol. The van der Waals surface area contributed by atoms with E-state index in [2.05, 4.69) is 17.2 Å². The number of hydrogen-bond acceptors (Lipinski definition) is 4. The van der Waals surface area contributed by atoms with E-state index in [0.717, 1.165) is 18.1 Å². The maximum absolute atomic E-state index is 5.33. The van der Waals surface area contributed by atoms with Crippen LogP contribution in [0.4, 0.5) is 5.13 Å². The summed E-state index contributed by atoms with van der Waals surface area (Å²) in [6, 6.07) is 0. The van der Waals surface area contributed by atoms with Gasteiger partial charge in [0.25, 0.3) is 0 Å². The highest BCUT2D eigenvalue weighted by Gasteiger charge is 1.97. The lowest BCUT2D eigenvalue weighted by molar-refractivity contribution is 1.02. The Morgan fingerprint density at radius 1 is 1.73 bits per heavy atom. The molecule has 0 radical (unpaired) electrons. The predicted octanol–water partition coefficient (Wildman–Crippen LogP) is 1.08. The van der Waals surface area contributed by atoms with Crippen molar-refractivity contribution < 1.29 is 0 Å². The van der Waals surface area contributed by atoms with Crippen LogP contribution in [-0.4, -0.2) is 18.1 Å². The Labute approximate surface area is 70.6 Å². The normalized spacial score (nSPS) is 10.0. The number of hydrogen-bond donors (Lipinski definition) is 2. The molecule has 1 rings (SSSR count). The zero-order valence-electron chi connectivity index (χ0n) is 6.63. The second-order valence-corrected chi connectivity index (χ2v) is 3.32. The van der Waals surface area contributed by atoms with E-state index in [9.17, 15) is 0 Å². The van der Waals surface area contributed by atoms with E-state index in [0.29, 0.717) is 6.54 Å². The van der Waals surface area contributed by atoms with Crippen molar-refractivity contribution in [2.24, 2.45) is 5.73 Å². The molecule has 3 nitrogen and oxygen atoms in total. The molecule has 0 saturated heterocycles. The van der Waals surface area contributed by atoms with E-state index < -0.39 is 0 Å². The monoisotopic (exact) mass is 171 g/mol. The summed E-state index contributed by atoms with van der Waals surface area (Å²) < 4.78 is 0. The summed E-state index contributed by atoms with van der Waals surface area (Å²) in [6.07, 6.45) is 2.96. The van der Waals surface area contributed by atoms with Gasteiger partial charge in [0.1, 0.15) is 0 Å². The van der Waals surface area contributed by atoms with E-state index in [1.54, 1.807) is 11.3 Å². The number of anilines is 1. The van der Waals surface area contributed by atoms with Crippen molar-refractivity contribution in [2.45, 2.75) is 13.3 Å². The topological polar surface area (TPSA) is 50.9 Å². The van der Waals surface area contributed by atoms with Crippen LogP contribution in [0.2, 0.25) is 0 Å². The van der Waals surface area contributed by atoms with Gasteiger partial charge < -0.3 is 11.1 Å². The van der Waals surface area contributed by atoms with Crippen molar-refractivity contribution in [2.75, 3.05) is 18.4 Å². The number of aromatic nitrogens is 1. The Morgan fingerprint density at radius 2 is 2.55 bits per heavy atom. The molecule has 0 unspecified atom stereocenters. The Hall–Kier alpha value is -0.610. The average molecular weight is 171 g/mol. The third kappa shape index (κ3) is 2.48. The highest BCUT2D eigenvalue weighted by atomic mass is 32.1. The number of thiazole rings is 1. The second kappa shape index (κ2) is 4.31. The highest BCUT2D eigenvalue weighted by Crippen LogP contribution is 2.17. The largest absolute Gasteiger partial charge is 0.360 e. The first-order valence-corrected chi connectivity index (χ1v) is 4.57. The van der Waals surface area contributed by atoms with E-state index >= 15 is 0 Å². The average Bonchev–Trinajstić information content (AvgIpc) is 2.48. The Balaban J connectivity index is 2.44. The first kappa shape index (κ1) is 8.49. The highest BCUT2D eigenvalue weighted by molar-refractivity contribution is 7.15. The standard InChI is InChI=1S/C7H13N3S/c1-2-6-5-10-7(11-6)9-4-3-8/h5H,2-4,8H2,1H3,(H,9,10). The third-order valence-electron chi connectivity index (χ3n) is 1.32. The van der Waals surface area contributed by atoms with Gasteiger partial charge in [0, 0.05) is 24.2 Å². The molecule has 0 amide bonds. The van der Waals surface area contributed by atoms with E-state index in [-0.39, 0.29) is 0 Å². The van der Waals surface area contributed by atoms with Gasteiger partial charge in [-0.1, -0.05) is 6.92 Å². The van der Waals surface area contributed by atoms with Gasteiger partial charge >= 0.3 is 0 Å². The summed E-state index contributed by atoms with van der Waals surface area (Å²) in [5.41, 5.74) is 5.33. The van der Waals surface area contributed by atoms with Crippen molar-refractivity contribution in [3.63, 3.8) is 0 Å². The SMILES string of the molecule is CCc1cnc(NCCN)s1. The summed E-state index contributed by atoms with van der Waals surface area (Å²) in [6.45, 7) is 3.58. The molecule has 0 aliphatic heterocycles. The first-order chi connectivity index (χ1) is 5.36. The lowest BCUT2D eigenvalue weighted by Gasteiger charge is -1.96. The molecule has 0 aromatic carbocycles. The minimum Gasteiger partial charge on any atom is -0.360 e. The van der Waals surface area contributed by atoms with E-state index in [4.69, 9.17) is 5.73 Å². The van der Waals surface area contributed by atoms with Gasteiger partial charge in [-0.2, -0.15) is 0 Å². The maximum Gasteiger partial charge on any atom is 0.182 e. The smallest absolute Gasteiger partial charge is 0.182 e. The molecular formula is C7H13N3S. The Kier molecular flexibility index (Phi) is 3.32. The fourth-order valence-corrected chi connectivity index (χ4v) is 1.51. The molecule has 1 aromatic heterocycles. The minimum atomic E-state index is 0.654. The molecule has 11 heavy (non-hydrogen) atoms. The minimum absolute atomic E-state index is 0.654. The fraction of sp³-hybridized carbons (Fsp3) is 0.571. The lowest BCUT2D eigenvalue weighted by Crippen LogP contribution is -2.12. The van der Waals surface area contributed by atoms with Crippen molar-refractivity contribution in [3.05, 3.63) is 11.1 Å². The zero-order chi connectivity index (χ0) is 8.10. The van der Waals surface area contributed by atoms with Crippen LogP contribution in [0.25, 0.3) is 0 Å². The van der Waals surface area contributed by atoms with Gasteiger partial charge in [-0.3, -0.25) is 0 Å². The summed E-state index contributed by atoms with van der Waals surface area (Å²) in [7, 11) is 0. The molecule has 0 aliphatic carbocycles. The van der Waals surface area contributed by atoms with Gasteiger partial charge in [-0.15, -0.1) is 11.3 Å². The van der Waals surface area contributed by atoms with Crippen molar-refractivity contribution in [3.8, 4) is 0 Å². The molecule has 0 saturated carbocycles. The summed E-state index contributed by atoms with van der Waals surface area (Å²) in [4.78, 5) is 5.49. The Morgan fingerprint density at radius 3 is 3.09 bits per heavy atom. The second-order valence-electron chi connectivity index (χ2n) is 2.20. The van der Waals surface area contributed by atoms with Crippen LogP contribution in [-0.2, 0) is 6.42 Å². The number of nitrogens with zero attached hydrogens (tertiary/aromatic N) is 1. The van der Waals surface area contributed by atoms with Gasteiger partial charge in [0.15, 0.2) is 5.13 Å². The lowest BCUT2D eigenvalue weighted by atomic mass is 10.4. The van der Waals surface area contributed by atoms with Crippen molar-refractivity contribution in [1.29, 1.82) is 0 Å². The molecule has 0 bridgehead atoms. The van der Waals surface area contributed by atoms with Crippen LogP contribution in [0.1, 0.15) is 11.8 Å². The fourth-order valence-electron chi connectivity index (χ4n) is 0.732. The van der Waals surface area contributed by atoms with Gasteiger partial charge in [0.2, 0.25) is 0 Å². The molecule has 1 aromatic rings. The Bertz CT molecular complexity index is 209. The van der Waals surface area contributed by atoms with Gasteiger partial charge in [-0.05, 0) is 6.42 Å². The number of aryl methyl sites for hydroxylation is 1. The summed E-state index contributed by atoms with van der Waals surface area (Å²) >= 11 is 1.70. The molecule has 0 spiro atoms. The molecule has 3 N–H and O–H groups in total. The zero-order valence-corrected chi connectivity index (χ0v) is 7.45. The quantitative estimate of drug-likeness (QED) is 0.712. The van der Waals surface area contributed by atoms with E-state index in [1.807, 2.05) is 6.20 Å². The van der Waals surface area contributed by atoms with E-state index in [1.165, 1.54) is 4.88 Å². The molecule has 0 atom stereocenters. The molecule has 4 heteroatoms. The number of nitrogens with two attached hydrogens (primary N) is 1. The van der Waals surface area contributed by atoms with Crippen molar-refractivity contribution in [1.82, 2.24) is 4.98 Å².